The third kappa shape index (κ3) is 4.74. The molecule has 25 heavy (non-hydrogen) atoms. The number of carbonyl (C=O) groups is 2. The Balaban J connectivity index is 1.48. The number of halogens is 1. The van der Waals surface area contributed by atoms with Gasteiger partial charge < -0.3 is 9.26 Å². The maximum absolute atomic E-state index is 11.8. The zero-order chi connectivity index (χ0) is 17.6. The number of nitrogens with zero attached hydrogens (tertiary/aromatic N) is 2. The van der Waals surface area contributed by atoms with Gasteiger partial charge in [-0.1, -0.05) is 22.8 Å². The standard InChI is InChI=1S/C17H13ClN2O4S/c18-12-5-3-11(4-6-12)17-19-15(24-20-17)10-23-16(22)8-7-13(21)14-2-1-9-25-14/h1-6,9H,7-8,10H2. The summed E-state index contributed by atoms with van der Waals surface area (Å²) in [5.74, 6) is 0.00406. The Kier molecular flexibility index (Phi) is 5.57. The van der Waals surface area contributed by atoms with Gasteiger partial charge in [0.2, 0.25) is 5.82 Å². The molecule has 8 heteroatoms. The highest BCUT2D eigenvalue weighted by Crippen LogP contribution is 2.19. The minimum atomic E-state index is -0.490. The van der Waals surface area contributed by atoms with Gasteiger partial charge in [-0.25, -0.2) is 0 Å². The van der Waals surface area contributed by atoms with Gasteiger partial charge in [0.05, 0.1) is 11.3 Å². The zero-order valence-electron chi connectivity index (χ0n) is 13.0. The van der Waals surface area contributed by atoms with Crippen molar-refractivity contribution in [2.24, 2.45) is 0 Å². The fourth-order valence-electron chi connectivity index (χ4n) is 2.02. The second kappa shape index (κ2) is 8.04. The van der Waals surface area contributed by atoms with Gasteiger partial charge in [0.15, 0.2) is 12.4 Å². The highest BCUT2D eigenvalue weighted by molar-refractivity contribution is 7.12. The summed E-state index contributed by atoms with van der Waals surface area (Å²) >= 11 is 7.18. The van der Waals surface area contributed by atoms with Crippen LogP contribution in [0.3, 0.4) is 0 Å². The molecule has 128 valence electrons. The summed E-state index contributed by atoms with van der Waals surface area (Å²) in [4.78, 5) is 28.3. The van der Waals surface area contributed by atoms with E-state index in [2.05, 4.69) is 10.1 Å². The minimum Gasteiger partial charge on any atom is -0.456 e. The van der Waals surface area contributed by atoms with Crippen LogP contribution in [0, 0.1) is 0 Å². The van der Waals surface area contributed by atoms with Gasteiger partial charge in [0.1, 0.15) is 0 Å². The number of thiophene rings is 1. The van der Waals surface area contributed by atoms with Gasteiger partial charge in [-0.15, -0.1) is 11.3 Å². The summed E-state index contributed by atoms with van der Waals surface area (Å²) in [6.07, 6.45) is 0.119. The average molecular weight is 377 g/mol. The third-order valence-electron chi connectivity index (χ3n) is 3.28. The molecule has 0 N–H and O–H groups in total. The van der Waals surface area contributed by atoms with E-state index < -0.39 is 5.97 Å². The SMILES string of the molecule is O=C(CCC(=O)c1cccs1)OCc1nc(-c2ccc(Cl)cc2)no1. The monoisotopic (exact) mass is 376 g/mol. The Morgan fingerprint density at radius 3 is 2.68 bits per heavy atom. The number of benzene rings is 1. The van der Waals surface area contributed by atoms with E-state index in [-0.39, 0.29) is 31.1 Å². The molecule has 0 aliphatic rings. The van der Waals surface area contributed by atoms with Crippen molar-refractivity contribution in [1.29, 1.82) is 0 Å². The van der Waals surface area contributed by atoms with E-state index >= 15 is 0 Å². The zero-order valence-corrected chi connectivity index (χ0v) is 14.5. The minimum absolute atomic E-state index is 0.00884. The first-order valence-electron chi connectivity index (χ1n) is 7.42. The fourth-order valence-corrected chi connectivity index (χ4v) is 2.84. The number of ether oxygens (including phenoxy) is 1. The predicted molar refractivity (Wildman–Crippen MR) is 92.4 cm³/mol. The molecule has 0 bridgehead atoms. The summed E-state index contributed by atoms with van der Waals surface area (Å²) in [5.41, 5.74) is 0.743. The second-order valence-electron chi connectivity index (χ2n) is 5.08. The Labute approximate surface area is 152 Å². The predicted octanol–water partition coefficient (Wildman–Crippen LogP) is 4.16. The molecule has 0 amide bonds. The van der Waals surface area contributed by atoms with Crippen LogP contribution in [0.2, 0.25) is 5.02 Å². The van der Waals surface area contributed by atoms with Crippen LogP contribution >= 0.6 is 22.9 Å². The van der Waals surface area contributed by atoms with E-state index in [1.807, 2.05) is 5.38 Å². The second-order valence-corrected chi connectivity index (χ2v) is 6.46. The summed E-state index contributed by atoms with van der Waals surface area (Å²) < 4.78 is 10.1. The molecule has 0 saturated heterocycles. The van der Waals surface area contributed by atoms with Gasteiger partial charge in [-0.05, 0) is 35.7 Å². The van der Waals surface area contributed by atoms with Crippen molar-refractivity contribution in [3.63, 3.8) is 0 Å². The maximum Gasteiger partial charge on any atom is 0.306 e. The highest BCUT2D eigenvalue weighted by Gasteiger charge is 2.13. The van der Waals surface area contributed by atoms with E-state index in [0.717, 1.165) is 5.56 Å². The number of ketones is 1. The number of hydrogen-bond acceptors (Lipinski definition) is 7. The molecular weight excluding hydrogens is 364 g/mol. The number of aromatic nitrogens is 2. The lowest BCUT2D eigenvalue weighted by atomic mass is 10.2. The number of rotatable bonds is 7. The summed E-state index contributed by atoms with van der Waals surface area (Å²) in [5, 5.41) is 6.26. The molecule has 0 fully saturated rings. The maximum atomic E-state index is 11.8. The summed E-state index contributed by atoms with van der Waals surface area (Å²) in [6, 6.07) is 10.5. The molecule has 3 aromatic rings. The lowest BCUT2D eigenvalue weighted by Crippen LogP contribution is -2.07. The van der Waals surface area contributed by atoms with Gasteiger partial charge in [0, 0.05) is 17.0 Å². The van der Waals surface area contributed by atoms with E-state index in [4.69, 9.17) is 20.9 Å². The lowest BCUT2D eigenvalue weighted by molar-refractivity contribution is -0.145. The van der Waals surface area contributed by atoms with Crippen LogP contribution in [0.25, 0.3) is 11.4 Å². The van der Waals surface area contributed by atoms with Crippen molar-refractivity contribution >= 4 is 34.7 Å². The fraction of sp³-hybridized carbons (Fsp3) is 0.176. The number of hydrogen-bond donors (Lipinski definition) is 0. The molecule has 0 radical (unpaired) electrons. The first-order chi connectivity index (χ1) is 12.1. The van der Waals surface area contributed by atoms with Crippen LogP contribution < -0.4 is 0 Å². The van der Waals surface area contributed by atoms with Crippen molar-refractivity contribution in [2.75, 3.05) is 0 Å². The Hall–Kier alpha value is -2.51. The first-order valence-corrected chi connectivity index (χ1v) is 8.68. The Bertz CT molecular complexity index is 859. The Morgan fingerprint density at radius 1 is 1.16 bits per heavy atom. The molecule has 0 spiro atoms. The third-order valence-corrected chi connectivity index (χ3v) is 4.44. The van der Waals surface area contributed by atoms with Gasteiger partial charge in [-0.2, -0.15) is 4.98 Å². The number of Topliss-reactive ketones (excluding diaryl/α,β-unsaturated/α-hetero) is 1. The van der Waals surface area contributed by atoms with Gasteiger partial charge >= 0.3 is 5.97 Å². The van der Waals surface area contributed by atoms with Crippen LogP contribution in [-0.4, -0.2) is 21.9 Å². The van der Waals surface area contributed by atoms with Crippen LogP contribution in [0.1, 0.15) is 28.4 Å². The molecule has 2 aromatic heterocycles. The summed E-state index contributed by atoms with van der Waals surface area (Å²) in [6.45, 7) is -0.132. The normalized spacial score (nSPS) is 10.6. The van der Waals surface area contributed by atoms with Crippen LogP contribution in [0.5, 0.6) is 0 Å². The van der Waals surface area contributed by atoms with Gasteiger partial charge in [-0.3, -0.25) is 9.59 Å². The van der Waals surface area contributed by atoms with Crippen molar-refractivity contribution in [3.05, 3.63) is 57.6 Å². The molecule has 3 rings (SSSR count). The van der Waals surface area contributed by atoms with E-state index in [1.165, 1.54) is 11.3 Å². The molecular formula is C17H13ClN2O4S. The van der Waals surface area contributed by atoms with Crippen molar-refractivity contribution in [3.8, 4) is 11.4 Å². The van der Waals surface area contributed by atoms with Crippen LogP contribution in [-0.2, 0) is 16.1 Å². The first kappa shape index (κ1) is 17.3. The smallest absolute Gasteiger partial charge is 0.306 e. The largest absolute Gasteiger partial charge is 0.456 e. The molecule has 0 atom stereocenters. The quantitative estimate of drug-likeness (QED) is 0.455. The Morgan fingerprint density at radius 2 is 1.96 bits per heavy atom. The number of carbonyl (C=O) groups excluding carboxylic acids is 2. The molecule has 0 saturated carbocycles. The molecule has 2 heterocycles. The topological polar surface area (TPSA) is 82.3 Å². The average Bonchev–Trinajstić information content (AvgIpc) is 3.30. The molecule has 0 aliphatic heterocycles. The van der Waals surface area contributed by atoms with Crippen LogP contribution in [0.15, 0.2) is 46.3 Å². The van der Waals surface area contributed by atoms with Crippen molar-refractivity contribution in [2.45, 2.75) is 19.4 Å². The van der Waals surface area contributed by atoms with E-state index in [0.29, 0.717) is 15.7 Å². The van der Waals surface area contributed by atoms with E-state index in [9.17, 15) is 9.59 Å². The molecule has 1 aromatic carbocycles. The number of esters is 1. The molecule has 0 aliphatic carbocycles. The van der Waals surface area contributed by atoms with Crippen LogP contribution in [0.4, 0.5) is 0 Å². The van der Waals surface area contributed by atoms with Crippen molar-refractivity contribution < 1.29 is 18.8 Å². The summed E-state index contributed by atoms with van der Waals surface area (Å²) in [7, 11) is 0. The lowest BCUT2D eigenvalue weighted by Gasteiger charge is -2.00. The van der Waals surface area contributed by atoms with E-state index in [1.54, 1.807) is 36.4 Å². The molecule has 6 nitrogen and oxygen atoms in total. The highest BCUT2D eigenvalue weighted by atomic mass is 35.5. The van der Waals surface area contributed by atoms with Gasteiger partial charge in [0.25, 0.3) is 5.89 Å². The van der Waals surface area contributed by atoms with Crippen molar-refractivity contribution in [1.82, 2.24) is 10.1 Å². The molecule has 0 unspecified atom stereocenters.